The average Bonchev–Trinajstić information content (AvgIpc) is 2.50. The van der Waals surface area contributed by atoms with Crippen molar-refractivity contribution in [2.24, 2.45) is 5.73 Å². The van der Waals surface area contributed by atoms with E-state index in [0.29, 0.717) is 0 Å². The van der Waals surface area contributed by atoms with Gasteiger partial charge in [0.15, 0.2) is 0 Å². The third-order valence-corrected chi connectivity index (χ3v) is 5.55. The zero-order valence-electron chi connectivity index (χ0n) is 12.9. The third-order valence-electron chi connectivity index (χ3n) is 3.39. The van der Waals surface area contributed by atoms with E-state index in [2.05, 4.69) is 0 Å². The van der Waals surface area contributed by atoms with Crippen LogP contribution in [0, 0.1) is 12.7 Å². The van der Waals surface area contributed by atoms with Gasteiger partial charge in [-0.1, -0.05) is 35.4 Å². The number of nitrogens with zero attached hydrogens (tertiary/aromatic N) is 1. The number of hydrogen-bond donors (Lipinski definition) is 1. The molecular weight excluding hydrogens is 355 g/mol. The standard InChI is InChI=1S/C16H16ClFN2O3S/c1-11-5-7-12(8-6-11)24(22,23)20(10-16(19)21)9-13-14(17)3-2-4-15(13)18/h2-8H,9-10H2,1H3,(H2,19,21). The molecule has 1 amide bonds. The second kappa shape index (κ2) is 7.29. The lowest BCUT2D eigenvalue weighted by molar-refractivity contribution is -0.118. The van der Waals surface area contributed by atoms with Gasteiger partial charge >= 0.3 is 0 Å². The van der Waals surface area contributed by atoms with Crippen LogP contribution in [-0.4, -0.2) is 25.2 Å². The smallest absolute Gasteiger partial charge is 0.243 e. The lowest BCUT2D eigenvalue weighted by atomic mass is 10.2. The van der Waals surface area contributed by atoms with Crippen molar-refractivity contribution < 1.29 is 17.6 Å². The van der Waals surface area contributed by atoms with E-state index in [0.717, 1.165) is 9.87 Å². The summed E-state index contributed by atoms with van der Waals surface area (Å²) in [5, 5.41) is 0.0728. The van der Waals surface area contributed by atoms with Gasteiger partial charge in [0.25, 0.3) is 0 Å². The van der Waals surface area contributed by atoms with Crippen molar-refractivity contribution >= 4 is 27.5 Å². The van der Waals surface area contributed by atoms with Crippen LogP contribution >= 0.6 is 11.6 Å². The highest BCUT2D eigenvalue weighted by Crippen LogP contribution is 2.24. The first-order chi connectivity index (χ1) is 11.2. The molecule has 0 fully saturated rings. The Morgan fingerprint density at radius 2 is 1.83 bits per heavy atom. The molecule has 0 spiro atoms. The highest BCUT2D eigenvalue weighted by atomic mass is 35.5. The summed E-state index contributed by atoms with van der Waals surface area (Å²) in [4.78, 5) is 11.3. The van der Waals surface area contributed by atoms with Gasteiger partial charge in [-0.15, -0.1) is 0 Å². The summed E-state index contributed by atoms with van der Waals surface area (Å²) in [5.74, 6) is -1.51. The Labute approximate surface area is 144 Å². The van der Waals surface area contributed by atoms with Gasteiger partial charge in [0, 0.05) is 17.1 Å². The van der Waals surface area contributed by atoms with Crippen molar-refractivity contribution in [3.8, 4) is 0 Å². The van der Waals surface area contributed by atoms with Gasteiger partial charge in [-0.3, -0.25) is 4.79 Å². The van der Waals surface area contributed by atoms with Crippen LogP contribution in [0.1, 0.15) is 11.1 Å². The number of rotatable bonds is 6. The molecule has 0 unspecified atom stereocenters. The van der Waals surface area contributed by atoms with Gasteiger partial charge in [-0.05, 0) is 31.2 Å². The minimum absolute atomic E-state index is 0.0122. The van der Waals surface area contributed by atoms with Crippen molar-refractivity contribution in [1.29, 1.82) is 0 Å². The monoisotopic (exact) mass is 370 g/mol. The molecular formula is C16H16ClFN2O3S. The summed E-state index contributed by atoms with van der Waals surface area (Å²) in [6.45, 7) is 0.836. The number of carbonyl (C=O) groups excluding carboxylic acids is 1. The average molecular weight is 371 g/mol. The predicted molar refractivity (Wildman–Crippen MR) is 89.4 cm³/mol. The largest absolute Gasteiger partial charge is 0.369 e. The molecule has 5 nitrogen and oxygen atoms in total. The Morgan fingerprint density at radius 1 is 1.21 bits per heavy atom. The fraction of sp³-hybridized carbons (Fsp3) is 0.188. The van der Waals surface area contributed by atoms with Crippen molar-refractivity contribution in [1.82, 2.24) is 4.31 Å². The zero-order chi connectivity index (χ0) is 17.9. The molecule has 0 aliphatic heterocycles. The van der Waals surface area contributed by atoms with Crippen LogP contribution in [0.15, 0.2) is 47.4 Å². The van der Waals surface area contributed by atoms with Crippen LogP contribution in [0.4, 0.5) is 4.39 Å². The van der Waals surface area contributed by atoms with Crippen molar-refractivity contribution in [3.63, 3.8) is 0 Å². The van der Waals surface area contributed by atoms with Gasteiger partial charge in [-0.2, -0.15) is 4.31 Å². The summed E-state index contributed by atoms with van der Waals surface area (Å²) in [7, 11) is -4.04. The lowest BCUT2D eigenvalue weighted by Crippen LogP contribution is -2.38. The van der Waals surface area contributed by atoms with E-state index < -0.39 is 34.8 Å². The summed E-state index contributed by atoms with van der Waals surface area (Å²) >= 11 is 5.95. The first-order valence-electron chi connectivity index (χ1n) is 7.00. The van der Waals surface area contributed by atoms with E-state index >= 15 is 0 Å². The van der Waals surface area contributed by atoms with Crippen molar-refractivity contribution in [2.75, 3.05) is 6.54 Å². The maximum atomic E-state index is 14.0. The van der Waals surface area contributed by atoms with E-state index in [9.17, 15) is 17.6 Å². The topological polar surface area (TPSA) is 80.5 Å². The normalized spacial score (nSPS) is 11.7. The second-order valence-corrected chi connectivity index (χ2v) is 7.60. The Bertz CT molecular complexity index is 834. The molecule has 2 rings (SSSR count). The molecule has 0 aliphatic rings. The maximum absolute atomic E-state index is 14.0. The number of nitrogens with two attached hydrogens (primary N) is 1. The molecule has 0 bridgehead atoms. The van der Waals surface area contributed by atoms with E-state index in [4.69, 9.17) is 17.3 Å². The maximum Gasteiger partial charge on any atom is 0.243 e. The number of hydrogen-bond acceptors (Lipinski definition) is 3. The highest BCUT2D eigenvalue weighted by molar-refractivity contribution is 7.89. The van der Waals surface area contributed by atoms with Crippen molar-refractivity contribution in [2.45, 2.75) is 18.4 Å². The number of primary amides is 1. The van der Waals surface area contributed by atoms with Crippen molar-refractivity contribution in [3.05, 3.63) is 64.4 Å². The molecule has 2 aromatic carbocycles. The molecule has 0 saturated heterocycles. The zero-order valence-corrected chi connectivity index (χ0v) is 14.4. The van der Waals surface area contributed by atoms with Crippen LogP contribution in [0.5, 0.6) is 0 Å². The summed E-state index contributed by atoms with van der Waals surface area (Å²) in [6.07, 6.45) is 0. The van der Waals surface area contributed by atoms with Gasteiger partial charge in [0.2, 0.25) is 15.9 Å². The van der Waals surface area contributed by atoms with Gasteiger partial charge in [0.05, 0.1) is 11.4 Å². The lowest BCUT2D eigenvalue weighted by Gasteiger charge is -2.21. The number of amides is 1. The van der Waals surface area contributed by atoms with E-state index in [-0.39, 0.29) is 15.5 Å². The predicted octanol–water partition coefficient (Wildman–Crippen LogP) is 2.46. The molecule has 0 heterocycles. The number of sulfonamides is 1. The second-order valence-electron chi connectivity index (χ2n) is 5.25. The molecule has 0 aliphatic carbocycles. The van der Waals surface area contributed by atoms with Crippen LogP contribution in [0.2, 0.25) is 5.02 Å². The SMILES string of the molecule is Cc1ccc(S(=O)(=O)N(CC(N)=O)Cc2c(F)cccc2Cl)cc1. The van der Waals surface area contributed by atoms with Crippen LogP contribution in [-0.2, 0) is 21.4 Å². The van der Waals surface area contributed by atoms with E-state index in [1.54, 1.807) is 12.1 Å². The number of carbonyl (C=O) groups is 1. The Hall–Kier alpha value is -1.96. The van der Waals surface area contributed by atoms with E-state index in [1.165, 1.54) is 30.3 Å². The third kappa shape index (κ3) is 4.11. The fourth-order valence-electron chi connectivity index (χ4n) is 2.12. The Kier molecular flexibility index (Phi) is 5.58. The minimum Gasteiger partial charge on any atom is -0.369 e. The van der Waals surface area contributed by atoms with Gasteiger partial charge in [0.1, 0.15) is 5.82 Å². The molecule has 24 heavy (non-hydrogen) atoms. The molecule has 0 radical (unpaired) electrons. The molecule has 0 saturated carbocycles. The van der Waals surface area contributed by atoms with E-state index in [1.807, 2.05) is 6.92 Å². The number of aryl methyl sites for hydroxylation is 1. The van der Waals surface area contributed by atoms with Gasteiger partial charge < -0.3 is 5.73 Å². The molecule has 8 heteroatoms. The molecule has 128 valence electrons. The first-order valence-corrected chi connectivity index (χ1v) is 8.81. The summed E-state index contributed by atoms with van der Waals surface area (Å²) in [6, 6.07) is 10.1. The summed E-state index contributed by atoms with van der Waals surface area (Å²) in [5.41, 5.74) is 6.01. The van der Waals surface area contributed by atoms with Crippen LogP contribution in [0.3, 0.4) is 0 Å². The Balaban J connectivity index is 2.45. The quantitative estimate of drug-likeness (QED) is 0.848. The summed E-state index contributed by atoms with van der Waals surface area (Å²) < 4.78 is 40.3. The molecule has 0 aromatic heterocycles. The van der Waals surface area contributed by atoms with Gasteiger partial charge in [-0.25, -0.2) is 12.8 Å². The van der Waals surface area contributed by atoms with Crippen LogP contribution < -0.4 is 5.73 Å². The highest BCUT2D eigenvalue weighted by Gasteiger charge is 2.27. The molecule has 2 N–H and O–H groups in total. The minimum atomic E-state index is -4.04. The molecule has 0 atom stereocenters. The molecule has 2 aromatic rings. The van der Waals surface area contributed by atoms with Crippen LogP contribution in [0.25, 0.3) is 0 Å². The number of benzene rings is 2. The fourth-order valence-corrected chi connectivity index (χ4v) is 3.72. The Morgan fingerprint density at radius 3 is 2.38 bits per heavy atom. The first kappa shape index (κ1) is 18.4. The number of halogens is 2.